The number of fused-ring (bicyclic) bond motifs is 4. The average molecular weight is 475 g/mol. The molecular weight excluding hydrogens is 458 g/mol. The maximum Gasteiger partial charge on any atom is 0.335 e. The normalized spacial score (nSPS) is 13.0. The summed E-state index contributed by atoms with van der Waals surface area (Å²) >= 11 is 0. The van der Waals surface area contributed by atoms with Gasteiger partial charge in [-0.15, -0.1) is 0 Å². The van der Waals surface area contributed by atoms with E-state index < -0.39 is 5.97 Å². The van der Waals surface area contributed by atoms with Gasteiger partial charge in [0.1, 0.15) is 0 Å². The maximum absolute atomic E-state index is 12.3. The second kappa shape index (κ2) is 8.56. The lowest BCUT2D eigenvalue weighted by Gasteiger charge is -2.18. The first-order valence-corrected chi connectivity index (χ1v) is 10.9. The van der Waals surface area contributed by atoms with E-state index in [0.717, 1.165) is 0 Å². The van der Waals surface area contributed by atoms with Gasteiger partial charge in [0.25, 0.3) is 0 Å². The minimum Gasteiger partial charge on any atom is -0.478 e. The van der Waals surface area contributed by atoms with Gasteiger partial charge in [-0.2, -0.15) is 0 Å². The van der Waals surface area contributed by atoms with Crippen LogP contribution in [0.15, 0.2) is 84.9 Å². The second-order valence-electron chi connectivity index (χ2n) is 8.24. The van der Waals surface area contributed by atoms with Gasteiger partial charge in [-0.05, 0) is 24.3 Å². The lowest BCUT2D eigenvalue weighted by atomic mass is 9.83. The third-order valence-corrected chi connectivity index (χ3v) is 6.16. The summed E-state index contributed by atoms with van der Waals surface area (Å²) < 4.78 is 0. The molecule has 174 valence electrons. The molecule has 0 fully saturated rings. The molecule has 0 saturated carbocycles. The van der Waals surface area contributed by atoms with E-state index in [2.05, 4.69) is 0 Å². The molecule has 4 aromatic carbocycles. The predicted molar refractivity (Wildman–Crippen MR) is 131 cm³/mol. The fraction of sp³-hybridized carbons (Fsp3) is 0. The first-order valence-electron chi connectivity index (χ1n) is 10.9. The lowest BCUT2D eigenvalue weighted by Crippen LogP contribution is -2.22. The molecule has 7 heteroatoms. The second-order valence-corrected chi connectivity index (χ2v) is 8.24. The van der Waals surface area contributed by atoms with Crippen LogP contribution in [-0.4, -0.2) is 34.2 Å². The number of benzene rings is 4. The molecular formula is C29H17NO6. The van der Waals surface area contributed by atoms with E-state index in [1.165, 1.54) is 18.2 Å². The zero-order chi connectivity index (χ0) is 25.6. The number of hydrogen-bond donors (Lipinski definition) is 2. The van der Waals surface area contributed by atoms with E-state index in [-0.39, 0.29) is 39.8 Å². The number of hydrogen-bond acceptors (Lipinski definition) is 6. The summed E-state index contributed by atoms with van der Waals surface area (Å²) in [5, 5.41) is 8.94. The van der Waals surface area contributed by atoms with Crippen LogP contribution >= 0.6 is 0 Å². The Balaban J connectivity index is 0.000000149. The SMILES string of the molecule is Nc1cccc2c1C(=O)c1ccccc1C2=O.O=C(O)c1ccc2c(c1)C(=O)c1ccccc1C2=O. The Morgan fingerprint density at radius 2 is 0.972 bits per heavy atom. The summed E-state index contributed by atoms with van der Waals surface area (Å²) in [7, 11) is 0. The van der Waals surface area contributed by atoms with Crippen molar-refractivity contribution in [2.24, 2.45) is 0 Å². The Morgan fingerprint density at radius 1 is 0.528 bits per heavy atom. The molecule has 7 nitrogen and oxygen atoms in total. The minimum absolute atomic E-state index is 0.000666. The number of nitrogens with two attached hydrogens (primary N) is 1. The summed E-state index contributed by atoms with van der Waals surface area (Å²) in [5.74, 6) is -1.99. The number of anilines is 1. The molecule has 0 unspecified atom stereocenters. The van der Waals surface area contributed by atoms with Gasteiger partial charge in [-0.1, -0.05) is 60.7 Å². The number of carbonyl (C=O) groups excluding carboxylic acids is 4. The molecule has 2 aliphatic rings. The van der Waals surface area contributed by atoms with Gasteiger partial charge in [0.15, 0.2) is 23.1 Å². The maximum atomic E-state index is 12.3. The number of aromatic carboxylic acids is 1. The highest BCUT2D eigenvalue weighted by molar-refractivity contribution is 6.30. The van der Waals surface area contributed by atoms with Crippen molar-refractivity contribution in [3.05, 3.63) is 135 Å². The van der Waals surface area contributed by atoms with Crippen LogP contribution in [0.3, 0.4) is 0 Å². The van der Waals surface area contributed by atoms with Gasteiger partial charge in [0, 0.05) is 44.6 Å². The van der Waals surface area contributed by atoms with E-state index >= 15 is 0 Å². The number of carboxylic acid groups (broad SMARTS) is 1. The molecule has 0 saturated heterocycles. The van der Waals surface area contributed by atoms with Crippen LogP contribution < -0.4 is 5.73 Å². The summed E-state index contributed by atoms with van der Waals surface area (Å²) in [4.78, 5) is 59.9. The van der Waals surface area contributed by atoms with E-state index in [9.17, 15) is 24.0 Å². The van der Waals surface area contributed by atoms with Crippen LogP contribution in [0.5, 0.6) is 0 Å². The van der Waals surface area contributed by atoms with Crippen LogP contribution in [0.25, 0.3) is 0 Å². The van der Waals surface area contributed by atoms with Crippen LogP contribution in [-0.2, 0) is 0 Å². The molecule has 3 N–H and O–H groups in total. The van der Waals surface area contributed by atoms with Gasteiger partial charge in [-0.3, -0.25) is 19.2 Å². The van der Waals surface area contributed by atoms with Crippen LogP contribution in [0, 0.1) is 0 Å². The van der Waals surface area contributed by atoms with Crippen LogP contribution in [0.2, 0.25) is 0 Å². The summed E-state index contributed by atoms with van der Waals surface area (Å²) in [6, 6.07) is 22.3. The highest BCUT2D eigenvalue weighted by Crippen LogP contribution is 2.30. The molecule has 2 aliphatic carbocycles. The first-order chi connectivity index (χ1) is 17.3. The molecule has 0 spiro atoms. The van der Waals surface area contributed by atoms with Gasteiger partial charge in [-0.25, -0.2) is 4.79 Å². The number of nitrogen functional groups attached to an aromatic ring is 1. The Hall–Kier alpha value is -5.17. The molecule has 0 aliphatic heterocycles. The topological polar surface area (TPSA) is 132 Å². The van der Waals surface area contributed by atoms with Gasteiger partial charge in [0.2, 0.25) is 0 Å². The molecule has 0 radical (unpaired) electrons. The number of rotatable bonds is 1. The Morgan fingerprint density at radius 3 is 1.53 bits per heavy atom. The van der Waals surface area contributed by atoms with Crippen molar-refractivity contribution >= 4 is 34.8 Å². The number of ketones is 4. The quantitative estimate of drug-likeness (QED) is 0.341. The zero-order valence-electron chi connectivity index (χ0n) is 18.6. The van der Waals surface area contributed by atoms with Crippen molar-refractivity contribution in [2.75, 3.05) is 5.73 Å². The molecule has 6 rings (SSSR count). The van der Waals surface area contributed by atoms with Crippen LogP contribution in [0.1, 0.15) is 74.0 Å². The van der Waals surface area contributed by atoms with Gasteiger partial charge < -0.3 is 10.8 Å². The summed E-state index contributed by atoms with van der Waals surface area (Å²) in [6.07, 6.45) is 0. The Kier molecular flexibility index (Phi) is 5.37. The van der Waals surface area contributed by atoms with Crippen molar-refractivity contribution in [3.8, 4) is 0 Å². The molecule has 0 heterocycles. The smallest absolute Gasteiger partial charge is 0.335 e. The molecule has 0 amide bonds. The fourth-order valence-electron chi connectivity index (χ4n) is 4.40. The van der Waals surface area contributed by atoms with E-state index in [0.29, 0.717) is 39.1 Å². The molecule has 36 heavy (non-hydrogen) atoms. The van der Waals surface area contributed by atoms with Crippen molar-refractivity contribution in [3.63, 3.8) is 0 Å². The first kappa shape index (κ1) is 22.6. The molecule has 0 bridgehead atoms. The number of carbonyl (C=O) groups is 5. The van der Waals surface area contributed by atoms with E-state index in [4.69, 9.17) is 10.8 Å². The highest BCUT2D eigenvalue weighted by Gasteiger charge is 2.31. The van der Waals surface area contributed by atoms with Crippen molar-refractivity contribution < 1.29 is 29.1 Å². The Labute approximate surface area is 204 Å². The average Bonchev–Trinajstić information content (AvgIpc) is 2.90. The summed E-state index contributed by atoms with van der Waals surface area (Å²) in [5.41, 5.74) is 8.85. The van der Waals surface area contributed by atoms with Crippen LogP contribution in [0.4, 0.5) is 5.69 Å². The third-order valence-electron chi connectivity index (χ3n) is 6.16. The lowest BCUT2D eigenvalue weighted by molar-refractivity contribution is 0.0696. The largest absolute Gasteiger partial charge is 0.478 e. The van der Waals surface area contributed by atoms with E-state index in [1.54, 1.807) is 66.7 Å². The third kappa shape index (κ3) is 3.50. The van der Waals surface area contributed by atoms with Crippen molar-refractivity contribution in [1.29, 1.82) is 0 Å². The van der Waals surface area contributed by atoms with E-state index in [1.807, 2.05) is 0 Å². The molecule has 4 aromatic rings. The monoisotopic (exact) mass is 475 g/mol. The highest BCUT2D eigenvalue weighted by atomic mass is 16.4. The minimum atomic E-state index is -1.12. The fourth-order valence-corrected chi connectivity index (χ4v) is 4.40. The standard InChI is InChI=1S/C15H8O4.C14H9NO2/c16-13-9-3-1-2-4-10(9)14(17)12-7-8(15(18)19)5-6-11(12)13;15-11-7-3-6-10-12(11)14(17)9-5-2-1-4-8(9)13(10)16/h1-7H,(H,18,19);1-7H,15H2. The Bertz CT molecular complexity index is 1650. The van der Waals surface area contributed by atoms with Gasteiger partial charge in [0.05, 0.1) is 11.1 Å². The summed E-state index contributed by atoms with van der Waals surface area (Å²) in [6.45, 7) is 0. The number of carboxylic acids is 1. The zero-order valence-corrected chi connectivity index (χ0v) is 18.6. The molecule has 0 atom stereocenters. The van der Waals surface area contributed by atoms with Crippen molar-refractivity contribution in [1.82, 2.24) is 0 Å². The van der Waals surface area contributed by atoms with Crippen molar-refractivity contribution in [2.45, 2.75) is 0 Å². The van der Waals surface area contributed by atoms with Gasteiger partial charge >= 0.3 is 5.97 Å². The predicted octanol–water partition coefficient (Wildman–Crippen LogP) is 4.20. The molecule has 0 aromatic heterocycles.